The molecule has 0 aliphatic heterocycles. The number of aromatic carboxylic acids is 1. The van der Waals surface area contributed by atoms with E-state index in [0.29, 0.717) is 24.6 Å². The predicted molar refractivity (Wildman–Crippen MR) is 58.1 cm³/mol. The van der Waals surface area contributed by atoms with E-state index >= 15 is 0 Å². The number of pyridine rings is 1. The summed E-state index contributed by atoms with van der Waals surface area (Å²) < 4.78 is 0. The van der Waals surface area contributed by atoms with Crippen molar-refractivity contribution >= 4 is 11.8 Å². The standard InChI is InChI=1S/C10H15N3O2/c1-7-5-8(10(14)15)6-9(13-7)12-4-2-3-11/h5-6H,2-4,11H2,1H3,(H,12,13)(H,14,15). The highest BCUT2D eigenvalue weighted by Gasteiger charge is 2.05. The van der Waals surface area contributed by atoms with Gasteiger partial charge < -0.3 is 16.2 Å². The first-order valence-corrected chi connectivity index (χ1v) is 4.79. The van der Waals surface area contributed by atoms with Crippen LogP contribution in [0.15, 0.2) is 12.1 Å². The molecule has 0 aromatic carbocycles. The van der Waals surface area contributed by atoms with Crippen molar-refractivity contribution in [2.75, 3.05) is 18.4 Å². The van der Waals surface area contributed by atoms with Gasteiger partial charge in [0.1, 0.15) is 5.82 Å². The molecule has 15 heavy (non-hydrogen) atoms. The second kappa shape index (κ2) is 5.31. The molecule has 0 amide bonds. The van der Waals surface area contributed by atoms with Gasteiger partial charge in [0, 0.05) is 12.2 Å². The lowest BCUT2D eigenvalue weighted by Crippen LogP contribution is -2.10. The molecule has 5 nitrogen and oxygen atoms in total. The zero-order valence-electron chi connectivity index (χ0n) is 8.66. The molecule has 82 valence electrons. The summed E-state index contributed by atoms with van der Waals surface area (Å²) in [5, 5.41) is 11.9. The van der Waals surface area contributed by atoms with Gasteiger partial charge in [-0.1, -0.05) is 0 Å². The number of aryl methyl sites for hydroxylation is 1. The van der Waals surface area contributed by atoms with E-state index in [1.807, 2.05) is 0 Å². The van der Waals surface area contributed by atoms with Crippen LogP contribution in [0.1, 0.15) is 22.5 Å². The van der Waals surface area contributed by atoms with Crippen molar-refractivity contribution in [2.45, 2.75) is 13.3 Å². The minimum absolute atomic E-state index is 0.248. The molecule has 1 heterocycles. The van der Waals surface area contributed by atoms with Crippen molar-refractivity contribution in [1.82, 2.24) is 4.98 Å². The Morgan fingerprint density at radius 1 is 1.60 bits per heavy atom. The number of rotatable bonds is 5. The summed E-state index contributed by atoms with van der Waals surface area (Å²) in [6.45, 7) is 3.07. The lowest BCUT2D eigenvalue weighted by Gasteiger charge is -2.06. The molecule has 0 aliphatic carbocycles. The second-order valence-corrected chi connectivity index (χ2v) is 3.26. The Labute approximate surface area is 88.3 Å². The molecule has 1 rings (SSSR count). The molecule has 0 aliphatic rings. The van der Waals surface area contributed by atoms with E-state index in [2.05, 4.69) is 10.3 Å². The first kappa shape index (κ1) is 11.5. The Balaban J connectivity index is 2.75. The first-order valence-electron chi connectivity index (χ1n) is 4.79. The smallest absolute Gasteiger partial charge is 0.335 e. The highest BCUT2D eigenvalue weighted by Crippen LogP contribution is 2.09. The quantitative estimate of drug-likeness (QED) is 0.626. The average Bonchev–Trinajstić information content (AvgIpc) is 2.17. The minimum atomic E-state index is -0.942. The van der Waals surface area contributed by atoms with Crippen LogP contribution in [-0.4, -0.2) is 29.1 Å². The van der Waals surface area contributed by atoms with Gasteiger partial charge in [0.2, 0.25) is 0 Å². The summed E-state index contributed by atoms with van der Waals surface area (Å²) >= 11 is 0. The Bertz CT molecular complexity index is 353. The van der Waals surface area contributed by atoms with Crippen LogP contribution in [-0.2, 0) is 0 Å². The molecule has 0 atom stereocenters. The van der Waals surface area contributed by atoms with Gasteiger partial charge in [0.05, 0.1) is 5.56 Å². The van der Waals surface area contributed by atoms with E-state index in [-0.39, 0.29) is 5.56 Å². The molecule has 0 saturated carbocycles. The van der Waals surface area contributed by atoms with E-state index in [1.54, 1.807) is 6.92 Å². The largest absolute Gasteiger partial charge is 0.478 e. The molecule has 5 heteroatoms. The molecule has 4 N–H and O–H groups in total. The summed E-state index contributed by atoms with van der Waals surface area (Å²) in [4.78, 5) is 14.9. The van der Waals surface area contributed by atoms with Crippen LogP contribution in [0, 0.1) is 6.92 Å². The van der Waals surface area contributed by atoms with Crippen molar-refractivity contribution in [2.24, 2.45) is 5.73 Å². The number of nitrogens with zero attached hydrogens (tertiary/aromatic N) is 1. The van der Waals surface area contributed by atoms with Crippen LogP contribution in [0.3, 0.4) is 0 Å². The Kier molecular flexibility index (Phi) is 4.05. The maximum Gasteiger partial charge on any atom is 0.335 e. The topological polar surface area (TPSA) is 88.2 Å². The monoisotopic (exact) mass is 209 g/mol. The maximum absolute atomic E-state index is 10.8. The van der Waals surface area contributed by atoms with E-state index < -0.39 is 5.97 Å². The number of anilines is 1. The first-order chi connectivity index (χ1) is 7.13. The zero-order chi connectivity index (χ0) is 11.3. The van der Waals surface area contributed by atoms with Gasteiger partial charge in [0.15, 0.2) is 0 Å². The number of carbonyl (C=O) groups is 1. The molecule has 0 saturated heterocycles. The van der Waals surface area contributed by atoms with Crippen LogP contribution >= 0.6 is 0 Å². The fraction of sp³-hybridized carbons (Fsp3) is 0.400. The number of nitrogens with two attached hydrogens (primary N) is 1. The minimum Gasteiger partial charge on any atom is -0.478 e. The highest BCUT2D eigenvalue weighted by atomic mass is 16.4. The summed E-state index contributed by atoms with van der Waals surface area (Å²) in [5.74, 6) is -0.358. The van der Waals surface area contributed by atoms with Crippen LogP contribution in [0.4, 0.5) is 5.82 Å². The van der Waals surface area contributed by atoms with Crippen LogP contribution in [0.2, 0.25) is 0 Å². The number of aromatic nitrogens is 1. The van der Waals surface area contributed by atoms with Crippen molar-refractivity contribution in [1.29, 1.82) is 0 Å². The van der Waals surface area contributed by atoms with Crippen molar-refractivity contribution < 1.29 is 9.90 Å². The molecule has 1 aromatic rings. The van der Waals surface area contributed by atoms with Crippen LogP contribution in [0.5, 0.6) is 0 Å². The van der Waals surface area contributed by atoms with Crippen molar-refractivity contribution in [3.05, 3.63) is 23.4 Å². The fourth-order valence-corrected chi connectivity index (χ4v) is 1.20. The number of carboxylic acid groups (broad SMARTS) is 1. The van der Waals surface area contributed by atoms with E-state index in [9.17, 15) is 4.79 Å². The lowest BCUT2D eigenvalue weighted by molar-refractivity contribution is 0.0696. The van der Waals surface area contributed by atoms with Gasteiger partial charge in [-0.15, -0.1) is 0 Å². The average molecular weight is 209 g/mol. The van der Waals surface area contributed by atoms with Gasteiger partial charge in [-0.2, -0.15) is 0 Å². The molecular formula is C10H15N3O2. The van der Waals surface area contributed by atoms with E-state index in [4.69, 9.17) is 10.8 Å². The Morgan fingerprint density at radius 3 is 2.93 bits per heavy atom. The van der Waals surface area contributed by atoms with Gasteiger partial charge in [-0.25, -0.2) is 9.78 Å². The molecule has 0 unspecified atom stereocenters. The maximum atomic E-state index is 10.8. The molecule has 0 bridgehead atoms. The summed E-state index contributed by atoms with van der Waals surface area (Å²) in [5.41, 5.74) is 6.28. The normalized spacial score (nSPS) is 10.0. The SMILES string of the molecule is Cc1cc(C(=O)O)cc(NCCCN)n1. The van der Waals surface area contributed by atoms with Crippen LogP contribution in [0.25, 0.3) is 0 Å². The second-order valence-electron chi connectivity index (χ2n) is 3.26. The molecule has 0 fully saturated rings. The predicted octanol–water partition coefficient (Wildman–Crippen LogP) is 0.849. The molecule has 1 aromatic heterocycles. The van der Waals surface area contributed by atoms with Gasteiger partial charge in [-0.3, -0.25) is 0 Å². The Morgan fingerprint density at radius 2 is 2.33 bits per heavy atom. The van der Waals surface area contributed by atoms with Crippen LogP contribution < -0.4 is 11.1 Å². The lowest BCUT2D eigenvalue weighted by atomic mass is 10.2. The third kappa shape index (κ3) is 3.55. The van der Waals surface area contributed by atoms with Gasteiger partial charge >= 0.3 is 5.97 Å². The molecular weight excluding hydrogens is 194 g/mol. The fourth-order valence-electron chi connectivity index (χ4n) is 1.20. The molecule has 0 spiro atoms. The number of carboxylic acids is 1. The molecule has 0 radical (unpaired) electrons. The third-order valence-electron chi connectivity index (χ3n) is 1.89. The number of nitrogens with one attached hydrogen (secondary N) is 1. The van der Waals surface area contributed by atoms with E-state index in [0.717, 1.165) is 6.42 Å². The van der Waals surface area contributed by atoms with Crippen molar-refractivity contribution in [3.63, 3.8) is 0 Å². The van der Waals surface area contributed by atoms with Crippen molar-refractivity contribution in [3.8, 4) is 0 Å². The van der Waals surface area contributed by atoms with Gasteiger partial charge in [0.25, 0.3) is 0 Å². The summed E-state index contributed by atoms with van der Waals surface area (Å²) in [6, 6.07) is 3.06. The summed E-state index contributed by atoms with van der Waals surface area (Å²) in [6.07, 6.45) is 0.831. The highest BCUT2D eigenvalue weighted by molar-refractivity contribution is 5.88. The Hall–Kier alpha value is -1.62. The number of hydrogen-bond acceptors (Lipinski definition) is 4. The zero-order valence-corrected chi connectivity index (χ0v) is 8.66. The number of hydrogen-bond donors (Lipinski definition) is 3. The third-order valence-corrected chi connectivity index (χ3v) is 1.89. The van der Waals surface area contributed by atoms with Gasteiger partial charge in [-0.05, 0) is 32.0 Å². The van der Waals surface area contributed by atoms with E-state index in [1.165, 1.54) is 12.1 Å². The summed E-state index contributed by atoms with van der Waals surface area (Å²) in [7, 11) is 0.